The first-order valence-corrected chi connectivity index (χ1v) is 6.46. The van der Waals surface area contributed by atoms with E-state index in [0.29, 0.717) is 16.3 Å². The number of carbonyl (C=O) groups excluding carboxylic acids is 1. The van der Waals surface area contributed by atoms with E-state index in [1.54, 1.807) is 18.2 Å². The lowest BCUT2D eigenvalue weighted by Crippen LogP contribution is -2.14. The van der Waals surface area contributed by atoms with E-state index in [1.165, 1.54) is 18.2 Å². The topological polar surface area (TPSA) is 92.4 Å². The van der Waals surface area contributed by atoms with E-state index in [0.717, 1.165) is 5.56 Å². The van der Waals surface area contributed by atoms with E-state index in [1.807, 2.05) is 6.92 Å². The average molecular weight is 305 g/mol. The van der Waals surface area contributed by atoms with Crippen LogP contribution in [0.15, 0.2) is 36.4 Å². The van der Waals surface area contributed by atoms with Gasteiger partial charge in [-0.15, -0.1) is 0 Å². The van der Waals surface area contributed by atoms with Gasteiger partial charge in [0.1, 0.15) is 0 Å². The standard InChI is InChI=1S/C15H13ClN2O3/c1-8-2-4-10(11(16)6-8)14(19)18-13-5-3-9(15(20)21)7-12(13)17/h2-7H,17H2,1H3,(H,18,19)(H,20,21). The Morgan fingerprint density at radius 3 is 2.48 bits per heavy atom. The third kappa shape index (κ3) is 3.32. The quantitative estimate of drug-likeness (QED) is 0.759. The Morgan fingerprint density at radius 2 is 1.90 bits per heavy atom. The number of nitrogens with one attached hydrogen (secondary N) is 1. The first-order valence-electron chi connectivity index (χ1n) is 6.09. The van der Waals surface area contributed by atoms with Gasteiger partial charge in [-0.3, -0.25) is 4.79 Å². The van der Waals surface area contributed by atoms with Crippen molar-refractivity contribution >= 4 is 34.9 Å². The Balaban J connectivity index is 2.25. The molecule has 0 fully saturated rings. The molecule has 0 aromatic heterocycles. The lowest BCUT2D eigenvalue weighted by molar-refractivity contribution is 0.0697. The zero-order valence-corrected chi connectivity index (χ0v) is 11.9. The summed E-state index contributed by atoms with van der Waals surface area (Å²) in [6, 6.07) is 9.18. The fourth-order valence-electron chi connectivity index (χ4n) is 1.80. The Hall–Kier alpha value is -2.53. The molecule has 5 nitrogen and oxygen atoms in total. The molecule has 4 N–H and O–H groups in total. The maximum absolute atomic E-state index is 12.1. The summed E-state index contributed by atoms with van der Waals surface area (Å²) in [5.74, 6) is -1.49. The molecule has 108 valence electrons. The highest BCUT2D eigenvalue weighted by Gasteiger charge is 2.13. The van der Waals surface area contributed by atoms with Crippen LogP contribution in [0.4, 0.5) is 11.4 Å². The molecule has 2 aromatic carbocycles. The summed E-state index contributed by atoms with van der Waals surface area (Å²) < 4.78 is 0. The molecule has 0 unspecified atom stereocenters. The van der Waals surface area contributed by atoms with E-state index >= 15 is 0 Å². The number of carboxylic acids is 1. The van der Waals surface area contributed by atoms with Gasteiger partial charge in [-0.05, 0) is 42.8 Å². The molecule has 6 heteroatoms. The number of anilines is 2. The molecule has 0 saturated heterocycles. The van der Waals surface area contributed by atoms with Gasteiger partial charge in [0.15, 0.2) is 0 Å². The van der Waals surface area contributed by atoms with Crippen molar-refractivity contribution in [3.05, 3.63) is 58.1 Å². The number of carbonyl (C=O) groups is 2. The monoisotopic (exact) mass is 304 g/mol. The predicted octanol–water partition coefficient (Wildman–Crippen LogP) is 3.18. The van der Waals surface area contributed by atoms with Crippen LogP contribution >= 0.6 is 11.6 Å². The number of nitrogen functional groups attached to an aromatic ring is 1. The van der Waals surface area contributed by atoms with Crippen LogP contribution in [0.25, 0.3) is 0 Å². The van der Waals surface area contributed by atoms with E-state index in [9.17, 15) is 9.59 Å². The fourth-order valence-corrected chi connectivity index (χ4v) is 2.12. The number of aromatic carboxylic acids is 1. The summed E-state index contributed by atoms with van der Waals surface area (Å²) >= 11 is 6.03. The van der Waals surface area contributed by atoms with Crippen molar-refractivity contribution in [2.75, 3.05) is 11.1 Å². The highest BCUT2D eigenvalue weighted by molar-refractivity contribution is 6.34. The molecular weight excluding hydrogens is 292 g/mol. The maximum Gasteiger partial charge on any atom is 0.335 e. The summed E-state index contributed by atoms with van der Waals surface area (Å²) in [5.41, 5.74) is 7.57. The first kappa shape index (κ1) is 14.9. The molecule has 0 aliphatic carbocycles. The molecule has 1 amide bonds. The minimum absolute atomic E-state index is 0.0545. The first-order chi connectivity index (χ1) is 9.88. The lowest BCUT2D eigenvalue weighted by atomic mass is 10.1. The van der Waals surface area contributed by atoms with E-state index in [-0.39, 0.29) is 11.3 Å². The molecule has 2 aromatic rings. The van der Waals surface area contributed by atoms with Gasteiger partial charge in [-0.2, -0.15) is 0 Å². The summed E-state index contributed by atoms with van der Waals surface area (Å²) in [4.78, 5) is 23.0. The van der Waals surface area contributed by atoms with Crippen LogP contribution in [0.2, 0.25) is 5.02 Å². The minimum Gasteiger partial charge on any atom is -0.478 e. The average Bonchev–Trinajstić information content (AvgIpc) is 2.40. The number of hydrogen-bond acceptors (Lipinski definition) is 3. The number of aryl methyl sites for hydroxylation is 1. The lowest BCUT2D eigenvalue weighted by Gasteiger charge is -2.10. The number of carboxylic acid groups (broad SMARTS) is 1. The number of halogens is 1. The Bertz CT molecular complexity index is 729. The van der Waals surface area contributed by atoms with Crippen molar-refractivity contribution in [3.63, 3.8) is 0 Å². The van der Waals surface area contributed by atoms with Crippen molar-refractivity contribution in [1.29, 1.82) is 0 Å². The van der Waals surface area contributed by atoms with Crippen molar-refractivity contribution in [3.8, 4) is 0 Å². The summed E-state index contributed by atoms with van der Waals surface area (Å²) in [6.45, 7) is 1.87. The van der Waals surface area contributed by atoms with Crippen LogP contribution in [0.1, 0.15) is 26.3 Å². The second kappa shape index (κ2) is 5.85. The molecule has 0 aliphatic heterocycles. The summed E-state index contributed by atoms with van der Waals surface area (Å²) in [6.07, 6.45) is 0. The molecule has 0 radical (unpaired) electrons. The van der Waals surface area contributed by atoms with Crippen LogP contribution in [0, 0.1) is 6.92 Å². The van der Waals surface area contributed by atoms with E-state index in [4.69, 9.17) is 22.4 Å². The zero-order valence-electron chi connectivity index (χ0n) is 11.2. The largest absolute Gasteiger partial charge is 0.478 e. The second-order valence-corrected chi connectivity index (χ2v) is 4.95. The van der Waals surface area contributed by atoms with Crippen LogP contribution in [0.5, 0.6) is 0 Å². The number of nitrogens with two attached hydrogens (primary N) is 1. The third-order valence-electron chi connectivity index (χ3n) is 2.92. The zero-order chi connectivity index (χ0) is 15.6. The third-order valence-corrected chi connectivity index (χ3v) is 3.23. The maximum atomic E-state index is 12.1. The number of hydrogen-bond donors (Lipinski definition) is 3. The van der Waals surface area contributed by atoms with Gasteiger partial charge in [0.05, 0.1) is 27.5 Å². The van der Waals surface area contributed by atoms with Gasteiger partial charge in [0, 0.05) is 0 Å². The minimum atomic E-state index is -1.08. The normalized spacial score (nSPS) is 10.2. The molecule has 0 bridgehead atoms. The molecular formula is C15H13ClN2O3. The Kier molecular flexibility index (Phi) is 4.14. The summed E-state index contributed by atoms with van der Waals surface area (Å²) in [7, 11) is 0. The van der Waals surface area contributed by atoms with Gasteiger partial charge in [0.25, 0.3) is 5.91 Å². The van der Waals surface area contributed by atoms with Gasteiger partial charge in [-0.1, -0.05) is 17.7 Å². The van der Waals surface area contributed by atoms with Gasteiger partial charge in [0.2, 0.25) is 0 Å². The number of amides is 1. The number of benzene rings is 2. The van der Waals surface area contributed by atoms with Crippen molar-refractivity contribution in [2.24, 2.45) is 0 Å². The Labute approximate surface area is 126 Å². The second-order valence-electron chi connectivity index (χ2n) is 4.54. The van der Waals surface area contributed by atoms with Gasteiger partial charge < -0.3 is 16.2 Å². The SMILES string of the molecule is Cc1ccc(C(=O)Nc2ccc(C(=O)O)cc2N)c(Cl)c1. The molecule has 21 heavy (non-hydrogen) atoms. The molecule has 2 rings (SSSR count). The number of rotatable bonds is 3. The molecule has 0 spiro atoms. The predicted molar refractivity (Wildman–Crippen MR) is 82.0 cm³/mol. The van der Waals surface area contributed by atoms with Crippen LogP contribution in [0.3, 0.4) is 0 Å². The van der Waals surface area contributed by atoms with Gasteiger partial charge >= 0.3 is 5.97 Å². The van der Waals surface area contributed by atoms with Crippen LogP contribution in [-0.4, -0.2) is 17.0 Å². The summed E-state index contributed by atoms with van der Waals surface area (Å²) in [5, 5.41) is 11.8. The molecule has 0 heterocycles. The molecule has 0 atom stereocenters. The molecule has 0 saturated carbocycles. The smallest absolute Gasteiger partial charge is 0.335 e. The highest BCUT2D eigenvalue weighted by atomic mass is 35.5. The van der Waals surface area contributed by atoms with Gasteiger partial charge in [-0.25, -0.2) is 4.79 Å². The van der Waals surface area contributed by atoms with Crippen molar-refractivity contribution < 1.29 is 14.7 Å². The highest BCUT2D eigenvalue weighted by Crippen LogP contribution is 2.23. The molecule has 0 aliphatic rings. The van der Waals surface area contributed by atoms with Crippen molar-refractivity contribution in [2.45, 2.75) is 6.92 Å². The van der Waals surface area contributed by atoms with E-state index in [2.05, 4.69) is 5.32 Å². The Morgan fingerprint density at radius 1 is 1.19 bits per heavy atom. The van der Waals surface area contributed by atoms with Crippen LogP contribution in [-0.2, 0) is 0 Å². The van der Waals surface area contributed by atoms with Crippen LogP contribution < -0.4 is 11.1 Å². The van der Waals surface area contributed by atoms with Crippen molar-refractivity contribution in [1.82, 2.24) is 0 Å². The fraction of sp³-hybridized carbons (Fsp3) is 0.0667. The van der Waals surface area contributed by atoms with E-state index < -0.39 is 11.9 Å².